The van der Waals surface area contributed by atoms with E-state index in [0.717, 1.165) is 25.8 Å². The first kappa shape index (κ1) is 11.7. The second kappa shape index (κ2) is 6.98. The van der Waals surface area contributed by atoms with Gasteiger partial charge in [0.05, 0.1) is 0 Å². The molecule has 2 nitrogen and oxygen atoms in total. The van der Waals surface area contributed by atoms with Gasteiger partial charge in [-0.3, -0.25) is 0 Å². The van der Waals surface area contributed by atoms with Gasteiger partial charge in [-0.2, -0.15) is 0 Å². The maximum atomic E-state index is 8.65. The first-order valence-corrected chi connectivity index (χ1v) is 6.14. The molecule has 3 heteroatoms. The van der Waals surface area contributed by atoms with E-state index in [1.165, 1.54) is 4.88 Å². The van der Waals surface area contributed by atoms with Gasteiger partial charge in [0.15, 0.2) is 0 Å². The fourth-order valence-electron chi connectivity index (χ4n) is 1.45. The molecule has 0 bridgehead atoms. The summed E-state index contributed by atoms with van der Waals surface area (Å²) in [5.74, 6) is 0. The molecule has 1 aromatic rings. The fraction of sp³-hybridized carbons (Fsp3) is 0.636. The SMILES string of the molecule is CCC(NCCCCO)c1cccs1. The molecule has 0 aliphatic heterocycles. The van der Waals surface area contributed by atoms with E-state index in [2.05, 4.69) is 29.8 Å². The van der Waals surface area contributed by atoms with Gasteiger partial charge in [-0.15, -0.1) is 11.3 Å². The molecule has 0 fully saturated rings. The summed E-state index contributed by atoms with van der Waals surface area (Å²) in [5.41, 5.74) is 0. The Labute approximate surface area is 90.0 Å². The van der Waals surface area contributed by atoms with Crippen LogP contribution in [0.1, 0.15) is 37.1 Å². The molecular formula is C11H19NOS. The number of aliphatic hydroxyl groups excluding tert-OH is 1. The summed E-state index contributed by atoms with van der Waals surface area (Å²) in [6, 6.07) is 4.77. The first-order valence-electron chi connectivity index (χ1n) is 5.26. The van der Waals surface area contributed by atoms with Crippen LogP contribution in [0.5, 0.6) is 0 Å². The van der Waals surface area contributed by atoms with E-state index in [4.69, 9.17) is 5.11 Å². The molecular weight excluding hydrogens is 194 g/mol. The summed E-state index contributed by atoms with van der Waals surface area (Å²) < 4.78 is 0. The van der Waals surface area contributed by atoms with Crippen LogP contribution in [0.25, 0.3) is 0 Å². The van der Waals surface area contributed by atoms with Crippen LogP contribution < -0.4 is 5.32 Å². The van der Waals surface area contributed by atoms with Gasteiger partial charge in [0.1, 0.15) is 0 Å². The molecule has 0 aromatic carbocycles. The van der Waals surface area contributed by atoms with E-state index in [1.54, 1.807) is 0 Å². The van der Waals surface area contributed by atoms with Crippen molar-refractivity contribution in [1.29, 1.82) is 0 Å². The third-order valence-corrected chi connectivity index (χ3v) is 3.26. The molecule has 1 heterocycles. The van der Waals surface area contributed by atoms with Crippen molar-refractivity contribution < 1.29 is 5.11 Å². The molecule has 14 heavy (non-hydrogen) atoms. The predicted molar refractivity (Wildman–Crippen MR) is 61.7 cm³/mol. The summed E-state index contributed by atoms with van der Waals surface area (Å²) in [5, 5.41) is 14.3. The lowest BCUT2D eigenvalue weighted by molar-refractivity contribution is 0.282. The smallest absolute Gasteiger partial charge is 0.0431 e. The highest BCUT2D eigenvalue weighted by Crippen LogP contribution is 2.21. The molecule has 0 aliphatic carbocycles. The molecule has 1 rings (SSSR count). The standard InChI is InChI=1S/C11H19NOS/c1-2-10(11-6-5-9-14-11)12-7-3-4-8-13/h5-6,9-10,12-13H,2-4,7-8H2,1H3. The molecule has 0 radical (unpaired) electrons. The Kier molecular flexibility index (Phi) is 5.83. The molecule has 0 saturated carbocycles. The van der Waals surface area contributed by atoms with E-state index >= 15 is 0 Å². The number of hydrogen-bond donors (Lipinski definition) is 2. The predicted octanol–water partition coefficient (Wildman–Crippen LogP) is 2.56. The first-order chi connectivity index (χ1) is 6.88. The lowest BCUT2D eigenvalue weighted by Gasteiger charge is -2.14. The monoisotopic (exact) mass is 213 g/mol. The summed E-state index contributed by atoms with van der Waals surface area (Å²) in [4.78, 5) is 1.41. The average Bonchev–Trinajstić information content (AvgIpc) is 2.71. The van der Waals surface area contributed by atoms with E-state index in [9.17, 15) is 0 Å². The van der Waals surface area contributed by atoms with Crippen LogP contribution in [-0.2, 0) is 0 Å². The second-order valence-corrected chi connectivity index (χ2v) is 4.34. The van der Waals surface area contributed by atoms with Crippen molar-refractivity contribution in [2.75, 3.05) is 13.2 Å². The zero-order valence-corrected chi connectivity index (χ0v) is 9.52. The highest BCUT2D eigenvalue weighted by atomic mass is 32.1. The van der Waals surface area contributed by atoms with Gasteiger partial charge in [-0.1, -0.05) is 13.0 Å². The zero-order chi connectivity index (χ0) is 10.2. The van der Waals surface area contributed by atoms with E-state index < -0.39 is 0 Å². The van der Waals surface area contributed by atoms with E-state index in [1.807, 2.05) is 11.3 Å². The van der Waals surface area contributed by atoms with Gasteiger partial charge < -0.3 is 10.4 Å². The molecule has 0 saturated heterocycles. The third-order valence-electron chi connectivity index (χ3n) is 2.27. The fourth-order valence-corrected chi connectivity index (χ4v) is 2.33. The molecule has 1 atom stereocenters. The Balaban J connectivity index is 2.26. The normalized spacial score (nSPS) is 13.0. The minimum atomic E-state index is 0.303. The molecule has 0 spiro atoms. The van der Waals surface area contributed by atoms with Gasteiger partial charge in [-0.05, 0) is 37.3 Å². The molecule has 2 N–H and O–H groups in total. The minimum absolute atomic E-state index is 0.303. The maximum absolute atomic E-state index is 8.65. The Hall–Kier alpha value is -0.380. The van der Waals surface area contributed by atoms with Gasteiger partial charge in [-0.25, -0.2) is 0 Å². The van der Waals surface area contributed by atoms with Crippen LogP contribution in [0, 0.1) is 0 Å². The lowest BCUT2D eigenvalue weighted by atomic mass is 10.2. The summed E-state index contributed by atoms with van der Waals surface area (Å²) in [6.07, 6.45) is 3.08. The van der Waals surface area contributed by atoms with Crippen LogP contribution in [-0.4, -0.2) is 18.3 Å². The van der Waals surface area contributed by atoms with Crippen LogP contribution in [0.3, 0.4) is 0 Å². The minimum Gasteiger partial charge on any atom is -0.396 e. The number of hydrogen-bond acceptors (Lipinski definition) is 3. The van der Waals surface area contributed by atoms with Crippen molar-refractivity contribution in [2.45, 2.75) is 32.2 Å². The second-order valence-electron chi connectivity index (χ2n) is 3.36. The van der Waals surface area contributed by atoms with Crippen LogP contribution in [0.15, 0.2) is 17.5 Å². The number of rotatable bonds is 7. The van der Waals surface area contributed by atoms with E-state index in [-0.39, 0.29) is 0 Å². The molecule has 1 aromatic heterocycles. The molecule has 1 unspecified atom stereocenters. The third kappa shape index (κ3) is 3.78. The molecule has 0 aliphatic rings. The Bertz CT molecular complexity index is 223. The molecule has 80 valence electrons. The highest BCUT2D eigenvalue weighted by molar-refractivity contribution is 7.10. The zero-order valence-electron chi connectivity index (χ0n) is 8.70. The van der Waals surface area contributed by atoms with Crippen molar-refractivity contribution >= 4 is 11.3 Å². The van der Waals surface area contributed by atoms with Crippen LogP contribution >= 0.6 is 11.3 Å². The highest BCUT2D eigenvalue weighted by Gasteiger charge is 2.08. The van der Waals surface area contributed by atoms with Crippen molar-refractivity contribution in [3.05, 3.63) is 22.4 Å². The number of nitrogens with one attached hydrogen (secondary N) is 1. The summed E-state index contributed by atoms with van der Waals surface area (Å²) >= 11 is 1.81. The van der Waals surface area contributed by atoms with Crippen molar-refractivity contribution in [2.24, 2.45) is 0 Å². The largest absolute Gasteiger partial charge is 0.396 e. The average molecular weight is 213 g/mol. The number of thiophene rings is 1. The van der Waals surface area contributed by atoms with Gasteiger partial charge in [0.25, 0.3) is 0 Å². The number of unbranched alkanes of at least 4 members (excludes halogenated alkanes) is 1. The quantitative estimate of drug-likeness (QED) is 0.682. The Morgan fingerprint density at radius 2 is 2.36 bits per heavy atom. The topological polar surface area (TPSA) is 32.3 Å². The van der Waals surface area contributed by atoms with Crippen LogP contribution in [0.2, 0.25) is 0 Å². The van der Waals surface area contributed by atoms with Gasteiger partial charge >= 0.3 is 0 Å². The van der Waals surface area contributed by atoms with E-state index in [0.29, 0.717) is 12.6 Å². The number of aliphatic hydroxyl groups is 1. The molecule has 0 amide bonds. The van der Waals surface area contributed by atoms with Crippen molar-refractivity contribution in [3.8, 4) is 0 Å². The lowest BCUT2D eigenvalue weighted by Crippen LogP contribution is -2.21. The van der Waals surface area contributed by atoms with Crippen molar-refractivity contribution in [1.82, 2.24) is 5.32 Å². The van der Waals surface area contributed by atoms with Crippen molar-refractivity contribution in [3.63, 3.8) is 0 Å². The Morgan fingerprint density at radius 1 is 1.50 bits per heavy atom. The van der Waals surface area contributed by atoms with Crippen LogP contribution in [0.4, 0.5) is 0 Å². The van der Waals surface area contributed by atoms with Gasteiger partial charge in [0.2, 0.25) is 0 Å². The summed E-state index contributed by atoms with van der Waals surface area (Å²) in [6.45, 7) is 3.50. The Morgan fingerprint density at radius 3 is 2.93 bits per heavy atom. The van der Waals surface area contributed by atoms with Gasteiger partial charge in [0, 0.05) is 17.5 Å². The summed E-state index contributed by atoms with van der Waals surface area (Å²) in [7, 11) is 0. The maximum Gasteiger partial charge on any atom is 0.0431 e.